The number of nitrogen functional groups attached to an aromatic ring is 1. The van der Waals surface area contributed by atoms with Gasteiger partial charge in [0.05, 0.1) is 0 Å². The summed E-state index contributed by atoms with van der Waals surface area (Å²) in [4.78, 5) is 27.3. The Morgan fingerprint density at radius 2 is 1.73 bits per heavy atom. The molecule has 0 aromatic heterocycles. The lowest BCUT2D eigenvalue weighted by molar-refractivity contribution is 0.347. The number of nitrogens with two attached hydrogens (primary N) is 1. The largest absolute Gasteiger partial charge is 0.440 e. The number of hydrogen-bond donors (Lipinski definition) is 4. The van der Waals surface area contributed by atoms with Crippen molar-refractivity contribution in [2.45, 2.75) is 0 Å². The molecule has 5 N–H and O–H groups in total. The first kappa shape index (κ1) is 10.3. The van der Waals surface area contributed by atoms with Crippen LogP contribution in [-0.2, 0) is 0 Å². The van der Waals surface area contributed by atoms with Gasteiger partial charge in [-0.2, -0.15) is 14.7 Å². The van der Waals surface area contributed by atoms with Gasteiger partial charge in [-0.15, -0.1) is 0 Å². The molecule has 0 aliphatic heterocycles. The Bertz CT molecular complexity index is 507. The molecule has 0 saturated carbocycles. The maximum atomic E-state index is 9.11. The summed E-state index contributed by atoms with van der Waals surface area (Å²) in [5, 5.41) is 1.73. The molecule has 0 radical (unpaired) electrons. The van der Waals surface area contributed by atoms with Gasteiger partial charge in [0, 0.05) is 11.1 Å². The van der Waals surface area contributed by atoms with E-state index in [1.165, 1.54) is 12.1 Å². The lowest BCUT2D eigenvalue weighted by Crippen LogP contribution is -2.08. The summed E-state index contributed by atoms with van der Waals surface area (Å²) in [5.74, 6) is 0. The minimum Gasteiger partial charge on any atom is -0.398 e. The van der Waals surface area contributed by atoms with Crippen molar-refractivity contribution in [1.82, 2.24) is 0 Å². The van der Waals surface area contributed by atoms with Crippen molar-refractivity contribution in [1.29, 1.82) is 0 Å². The van der Waals surface area contributed by atoms with Crippen LogP contribution in [0.5, 0.6) is 0 Å². The van der Waals surface area contributed by atoms with Gasteiger partial charge in [-0.05, 0) is 29.7 Å². The van der Waals surface area contributed by atoms with Crippen molar-refractivity contribution in [3.8, 4) is 0 Å². The highest BCUT2D eigenvalue weighted by molar-refractivity contribution is 7.66. The maximum absolute atomic E-state index is 9.11. The Labute approximate surface area is 87.2 Å². The van der Waals surface area contributed by atoms with Gasteiger partial charge in [0.25, 0.3) is 0 Å². The van der Waals surface area contributed by atoms with E-state index < -0.39 is 7.94 Å². The topological polar surface area (TPSA) is 86.7 Å². The normalized spacial score (nSPS) is 11.9. The van der Waals surface area contributed by atoms with Crippen LogP contribution in [0, 0.1) is 0 Å². The second-order valence-corrected chi connectivity index (χ2v) is 4.97. The number of anilines is 1. The second kappa shape index (κ2) is 3.43. The van der Waals surface area contributed by atoms with Gasteiger partial charge in [-0.1, -0.05) is 12.1 Å². The number of hydrogen-bond acceptors (Lipinski definition) is 4. The molecule has 0 unspecified atom stereocenters. The Morgan fingerprint density at radius 1 is 1.00 bits per heavy atom. The summed E-state index contributed by atoms with van der Waals surface area (Å²) in [6.45, 7) is 0. The fourth-order valence-corrected chi connectivity index (χ4v) is 2.07. The van der Waals surface area contributed by atoms with Gasteiger partial charge in [0.2, 0.25) is 0 Å². The lowest BCUT2D eigenvalue weighted by Gasteiger charge is -2.05. The highest BCUT2D eigenvalue weighted by atomic mass is 31.2. The number of benzene rings is 2. The first-order chi connectivity index (χ1) is 6.98. The van der Waals surface area contributed by atoms with Crippen LogP contribution in [0.3, 0.4) is 0 Å². The molecule has 0 atom stereocenters. The lowest BCUT2D eigenvalue weighted by atomic mass is 10.1. The van der Waals surface area contributed by atoms with Crippen molar-refractivity contribution in [2.75, 3.05) is 5.73 Å². The van der Waals surface area contributed by atoms with Crippen LogP contribution in [0.2, 0.25) is 0 Å². The van der Waals surface area contributed by atoms with Crippen LogP contribution in [-0.4, -0.2) is 14.7 Å². The summed E-state index contributed by atoms with van der Waals surface area (Å²) in [6.07, 6.45) is 0. The predicted molar refractivity (Wildman–Crippen MR) is 61.6 cm³/mol. The van der Waals surface area contributed by atoms with Crippen molar-refractivity contribution in [2.24, 2.45) is 0 Å². The maximum Gasteiger partial charge on any atom is 0.440 e. The van der Waals surface area contributed by atoms with E-state index in [9.17, 15) is 0 Å². The van der Waals surface area contributed by atoms with Crippen LogP contribution in [0.4, 0.5) is 5.69 Å². The van der Waals surface area contributed by atoms with E-state index in [4.69, 9.17) is 20.4 Å². The molecule has 0 heterocycles. The Kier molecular flexibility index (Phi) is 2.37. The summed E-state index contributed by atoms with van der Waals surface area (Å²) in [6, 6.07) is 9.99. The zero-order chi connectivity index (χ0) is 11.1. The molecule has 2 rings (SSSR count). The molecule has 0 amide bonds. The van der Waals surface area contributed by atoms with Crippen molar-refractivity contribution >= 4 is 29.7 Å². The van der Waals surface area contributed by atoms with Crippen LogP contribution in [0.1, 0.15) is 0 Å². The summed E-state index contributed by atoms with van der Waals surface area (Å²) >= 11 is 0. The minimum absolute atomic E-state index is 0.126. The Morgan fingerprint density at radius 3 is 2.40 bits per heavy atom. The Balaban J connectivity index is 2.68. The average Bonchev–Trinajstić information content (AvgIpc) is 2.16. The highest BCUT2D eigenvalue weighted by Gasteiger charge is 2.33. The van der Waals surface area contributed by atoms with E-state index >= 15 is 0 Å². The molecule has 0 spiro atoms. The molecular weight excluding hydrogens is 213 g/mol. The van der Waals surface area contributed by atoms with Gasteiger partial charge in [0.1, 0.15) is 0 Å². The summed E-state index contributed by atoms with van der Waals surface area (Å²) < 4.78 is 0. The highest BCUT2D eigenvalue weighted by Crippen LogP contribution is 2.43. The monoisotopic (exact) mass is 224 g/mol. The molecular formula is C10H11NO3P+. The van der Waals surface area contributed by atoms with Crippen molar-refractivity contribution in [3.63, 3.8) is 0 Å². The molecule has 5 heteroatoms. The third-order valence-electron chi connectivity index (χ3n) is 2.24. The second-order valence-electron chi connectivity index (χ2n) is 3.32. The zero-order valence-corrected chi connectivity index (χ0v) is 8.72. The van der Waals surface area contributed by atoms with Crippen LogP contribution in [0.25, 0.3) is 10.8 Å². The van der Waals surface area contributed by atoms with E-state index in [-0.39, 0.29) is 5.30 Å². The van der Waals surface area contributed by atoms with E-state index in [1.807, 2.05) is 0 Å². The van der Waals surface area contributed by atoms with E-state index in [0.717, 1.165) is 10.8 Å². The molecule has 78 valence electrons. The first-order valence-electron chi connectivity index (χ1n) is 4.34. The zero-order valence-electron chi connectivity index (χ0n) is 7.83. The van der Waals surface area contributed by atoms with Crippen LogP contribution >= 0.6 is 7.94 Å². The quantitative estimate of drug-likeness (QED) is 0.426. The van der Waals surface area contributed by atoms with E-state index in [0.29, 0.717) is 5.69 Å². The van der Waals surface area contributed by atoms with Gasteiger partial charge in [0.15, 0.2) is 5.30 Å². The fraction of sp³-hybridized carbons (Fsp3) is 0. The van der Waals surface area contributed by atoms with E-state index in [1.54, 1.807) is 24.3 Å². The molecule has 2 aromatic carbocycles. The van der Waals surface area contributed by atoms with Gasteiger partial charge in [-0.3, -0.25) is 0 Å². The summed E-state index contributed by atoms with van der Waals surface area (Å²) in [5.41, 5.74) is 6.36. The minimum atomic E-state index is -3.93. The van der Waals surface area contributed by atoms with Crippen molar-refractivity contribution in [3.05, 3.63) is 36.4 Å². The van der Waals surface area contributed by atoms with Gasteiger partial charge < -0.3 is 5.73 Å². The van der Waals surface area contributed by atoms with Gasteiger partial charge >= 0.3 is 7.94 Å². The standard InChI is InChI=1S/C10H11NO3P/c11-10-3-1-2-7-6-8(15(12,13)14)4-5-9(7)10/h1-6,12-14H,11H2/q+1. The molecule has 15 heavy (non-hydrogen) atoms. The smallest absolute Gasteiger partial charge is 0.398 e. The molecule has 0 aliphatic carbocycles. The SMILES string of the molecule is Nc1cccc2cc([P+](O)(O)O)ccc12. The molecule has 2 aromatic rings. The third-order valence-corrected chi connectivity index (χ3v) is 3.22. The van der Waals surface area contributed by atoms with Crippen molar-refractivity contribution < 1.29 is 14.7 Å². The number of rotatable bonds is 1. The van der Waals surface area contributed by atoms with Gasteiger partial charge in [-0.25, -0.2) is 0 Å². The molecule has 0 bridgehead atoms. The molecule has 0 fully saturated rings. The average molecular weight is 224 g/mol. The van der Waals surface area contributed by atoms with Crippen LogP contribution in [0.15, 0.2) is 36.4 Å². The predicted octanol–water partition coefficient (Wildman–Crippen LogP) is 0.787. The molecule has 0 saturated heterocycles. The first-order valence-corrected chi connectivity index (χ1v) is 5.99. The molecule has 4 nitrogen and oxygen atoms in total. The summed E-state index contributed by atoms with van der Waals surface area (Å²) in [7, 11) is -3.93. The third kappa shape index (κ3) is 1.94. The molecule has 0 aliphatic rings. The number of fused-ring (bicyclic) bond motifs is 1. The fourth-order valence-electron chi connectivity index (χ4n) is 1.48. The van der Waals surface area contributed by atoms with Crippen LogP contribution < -0.4 is 11.0 Å². The Hall–Kier alpha value is -1.19. The van der Waals surface area contributed by atoms with E-state index in [2.05, 4.69) is 0 Å².